The van der Waals surface area contributed by atoms with Gasteiger partial charge in [0.15, 0.2) is 0 Å². The molecule has 0 bridgehead atoms. The van der Waals surface area contributed by atoms with Crippen LogP contribution in [0.1, 0.15) is 32.7 Å². The normalized spacial score (nSPS) is 10.8. The lowest BCUT2D eigenvalue weighted by atomic mass is 10.1. The van der Waals surface area contributed by atoms with Crippen molar-refractivity contribution in [1.82, 2.24) is 14.7 Å². The second-order valence-corrected chi connectivity index (χ2v) is 7.05. The van der Waals surface area contributed by atoms with Crippen LogP contribution >= 0.6 is 0 Å². The van der Waals surface area contributed by atoms with Crippen LogP contribution in [0.5, 0.6) is 5.75 Å². The predicted octanol–water partition coefficient (Wildman–Crippen LogP) is 4.46. The van der Waals surface area contributed by atoms with Crippen LogP contribution in [0.25, 0.3) is 5.65 Å². The third kappa shape index (κ3) is 4.14. The van der Waals surface area contributed by atoms with E-state index in [4.69, 9.17) is 4.74 Å². The highest BCUT2D eigenvalue weighted by molar-refractivity contribution is 5.96. The van der Waals surface area contributed by atoms with Gasteiger partial charge in [0, 0.05) is 18.9 Å². The number of rotatable bonds is 6. The maximum absolute atomic E-state index is 12.7. The number of carbonyl (C=O) groups is 1. The topological polar surface area (TPSA) is 55.6 Å². The van der Waals surface area contributed by atoms with E-state index in [1.54, 1.807) is 6.07 Å². The van der Waals surface area contributed by atoms with Gasteiger partial charge in [-0.3, -0.25) is 4.79 Å². The molecular formula is C24H23N3O2. The molecule has 0 fully saturated rings. The number of fused-ring (bicyclic) bond motifs is 1. The lowest BCUT2D eigenvalue weighted by Crippen LogP contribution is -2.23. The molecule has 1 amide bonds. The molecule has 0 saturated heterocycles. The van der Waals surface area contributed by atoms with Gasteiger partial charge in [0.25, 0.3) is 5.91 Å². The molecule has 5 nitrogen and oxygen atoms in total. The second kappa shape index (κ2) is 8.19. The second-order valence-electron chi connectivity index (χ2n) is 7.05. The van der Waals surface area contributed by atoms with Crippen molar-refractivity contribution in [2.24, 2.45) is 0 Å². The summed E-state index contributed by atoms with van der Waals surface area (Å²) < 4.78 is 7.93. The van der Waals surface area contributed by atoms with Gasteiger partial charge >= 0.3 is 0 Å². The number of hydrogen-bond donors (Lipinski definition) is 1. The summed E-state index contributed by atoms with van der Waals surface area (Å²) in [6, 6.07) is 19.3. The number of ether oxygens (including phenoxy) is 1. The summed E-state index contributed by atoms with van der Waals surface area (Å²) in [4.78, 5) is 17.4. The van der Waals surface area contributed by atoms with Gasteiger partial charge in [-0.15, -0.1) is 0 Å². The number of carbonyl (C=O) groups excluding carboxylic acids is 1. The first kappa shape index (κ1) is 18.7. The van der Waals surface area contributed by atoms with E-state index in [-0.39, 0.29) is 5.91 Å². The Hall–Kier alpha value is -3.60. The molecule has 0 radical (unpaired) electrons. The average molecular weight is 385 g/mol. The van der Waals surface area contributed by atoms with Crippen LogP contribution in [0.4, 0.5) is 0 Å². The summed E-state index contributed by atoms with van der Waals surface area (Å²) in [7, 11) is 0. The highest BCUT2D eigenvalue weighted by Gasteiger charge is 2.13. The number of pyridine rings is 1. The lowest BCUT2D eigenvalue weighted by Gasteiger charge is -2.12. The van der Waals surface area contributed by atoms with Crippen LogP contribution in [0.15, 0.2) is 73.1 Å². The standard InChI is InChI=1S/C24H23N3O2/c1-17-8-3-4-10-19(17)14-25-24(28)21-11-5-6-12-22(21)29-16-20-15-27-13-7-9-18(2)23(27)26-20/h3-13,15H,14,16H2,1-2H3,(H,25,28). The van der Waals surface area contributed by atoms with Gasteiger partial charge in [0.05, 0.1) is 11.3 Å². The van der Waals surface area contributed by atoms with Crippen molar-refractivity contribution in [2.45, 2.75) is 27.0 Å². The Labute approximate surface area is 170 Å². The minimum absolute atomic E-state index is 0.158. The number of benzene rings is 2. The summed E-state index contributed by atoms with van der Waals surface area (Å²) in [5.41, 5.74) is 5.60. The van der Waals surface area contributed by atoms with Crippen LogP contribution in [0.3, 0.4) is 0 Å². The Bertz CT molecular complexity index is 1160. The summed E-state index contributed by atoms with van der Waals surface area (Å²) in [5, 5.41) is 2.98. The molecule has 0 unspecified atom stereocenters. The van der Waals surface area contributed by atoms with Crippen LogP contribution in [0, 0.1) is 13.8 Å². The van der Waals surface area contributed by atoms with Crippen molar-refractivity contribution < 1.29 is 9.53 Å². The molecule has 5 heteroatoms. The minimum atomic E-state index is -0.158. The number of aryl methyl sites for hydroxylation is 2. The highest BCUT2D eigenvalue weighted by Crippen LogP contribution is 2.20. The Morgan fingerprint density at radius 1 is 1.00 bits per heavy atom. The number of aromatic nitrogens is 2. The zero-order chi connectivity index (χ0) is 20.2. The van der Waals surface area contributed by atoms with Gasteiger partial charge in [0.1, 0.15) is 18.0 Å². The SMILES string of the molecule is Cc1ccccc1CNC(=O)c1ccccc1OCc1cn2cccc(C)c2n1. The van der Waals surface area contributed by atoms with Crippen LogP contribution in [-0.4, -0.2) is 15.3 Å². The van der Waals surface area contributed by atoms with Gasteiger partial charge in [-0.1, -0.05) is 42.5 Å². The van der Waals surface area contributed by atoms with E-state index in [2.05, 4.69) is 10.3 Å². The molecule has 2 heterocycles. The van der Waals surface area contributed by atoms with Gasteiger partial charge in [-0.05, 0) is 48.7 Å². The van der Waals surface area contributed by atoms with Gasteiger partial charge in [-0.2, -0.15) is 0 Å². The van der Waals surface area contributed by atoms with Crippen molar-refractivity contribution in [2.75, 3.05) is 0 Å². The Balaban J connectivity index is 1.46. The maximum atomic E-state index is 12.7. The highest BCUT2D eigenvalue weighted by atomic mass is 16.5. The van der Waals surface area contributed by atoms with Gasteiger partial charge in [0.2, 0.25) is 0 Å². The Morgan fingerprint density at radius 2 is 1.76 bits per heavy atom. The van der Waals surface area contributed by atoms with E-state index in [9.17, 15) is 4.79 Å². The first-order valence-corrected chi connectivity index (χ1v) is 9.59. The molecule has 0 aliphatic rings. The zero-order valence-corrected chi connectivity index (χ0v) is 16.6. The molecule has 4 rings (SSSR count). The van der Waals surface area contributed by atoms with E-state index in [1.807, 2.05) is 85.2 Å². The van der Waals surface area contributed by atoms with Crippen molar-refractivity contribution in [3.05, 3.63) is 101 Å². The Kier molecular flexibility index (Phi) is 5.29. The summed E-state index contributed by atoms with van der Waals surface area (Å²) >= 11 is 0. The van der Waals surface area contributed by atoms with Crippen molar-refractivity contribution in [3.63, 3.8) is 0 Å². The number of para-hydroxylation sites is 1. The molecule has 0 atom stereocenters. The van der Waals surface area contributed by atoms with E-state index in [1.165, 1.54) is 0 Å². The molecule has 2 aromatic carbocycles. The molecule has 0 aliphatic carbocycles. The van der Waals surface area contributed by atoms with Crippen LogP contribution in [0.2, 0.25) is 0 Å². The molecule has 4 aromatic rings. The van der Waals surface area contributed by atoms with E-state index in [0.29, 0.717) is 24.5 Å². The fourth-order valence-electron chi connectivity index (χ4n) is 3.28. The monoisotopic (exact) mass is 385 g/mol. The third-order valence-electron chi connectivity index (χ3n) is 4.94. The number of nitrogens with zero attached hydrogens (tertiary/aromatic N) is 2. The van der Waals surface area contributed by atoms with Crippen molar-refractivity contribution in [1.29, 1.82) is 0 Å². The number of hydrogen-bond acceptors (Lipinski definition) is 3. The van der Waals surface area contributed by atoms with Crippen molar-refractivity contribution >= 4 is 11.6 Å². The number of amides is 1. The van der Waals surface area contributed by atoms with E-state index >= 15 is 0 Å². The summed E-state index contributed by atoms with van der Waals surface area (Å²) in [6.07, 6.45) is 3.91. The molecular weight excluding hydrogens is 362 g/mol. The van der Waals surface area contributed by atoms with Crippen LogP contribution < -0.4 is 10.1 Å². The largest absolute Gasteiger partial charge is 0.486 e. The zero-order valence-electron chi connectivity index (χ0n) is 16.6. The molecule has 0 spiro atoms. The third-order valence-corrected chi connectivity index (χ3v) is 4.94. The molecule has 29 heavy (non-hydrogen) atoms. The van der Waals surface area contributed by atoms with Gasteiger partial charge < -0.3 is 14.5 Å². The fourth-order valence-corrected chi connectivity index (χ4v) is 3.28. The van der Waals surface area contributed by atoms with Crippen molar-refractivity contribution in [3.8, 4) is 5.75 Å². The number of nitrogens with one attached hydrogen (secondary N) is 1. The molecule has 2 aromatic heterocycles. The molecule has 0 aliphatic heterocycles. The minimum Gasteiger partial charge on any atom is -0.486 e. The number of imidazole rings is 1. The summed E-state index contributed by atoms with van der Waals surface area (Å²) in [6.45, 7) is 4.84. The molecule has 146 valence electrons. The molecule has 0 saturated carbocycles. The van der Waals surface area contributed by atoms with Crippen LogP contribution in [-0.2, 0) is 13.2 Å². The molecule has 1 N–H and O–H groups in total. The first-order valence-electron chi connectivity index (χ1n) is 9.59. The summed E-state index contributed by atoms with van der Waals surface area (Å²) in [5.74, 6) is 0.387. The average Bonchev–Trinajstić information content (AvgIpc) is 3.16. The predicted molar refractivity (Wildman–Crippen MR) is 113 cm³/mol. The first-order chi connectivity index (χ1) is 14.1. The smallest absolute Gasteiger partial charge is 0.255 e. The lowest BCUT2D eigenvalue weighted by molar-refractivity contribution is 0.0946. The maximum Gasteiger partial charge on any atom is 0.255 e. The fraction of sp³-hybridized carbons (Fsp3) is 0.167. The Morgan fingerprint density at radius 3 is 2.59 bits per heavy atom. The van der Waals surface area contributed by atoms with Gasteiger partial charge in [-0.25, -0.2) is 4.98 Å². The van der Waals surface area contributed by atoms with E-state index < -0.39 is 0 Å². The quantitative estimate of drug-likeness (QED) is 0.533. The van der Waals surface area contributed by atoms with E-state index in [0.717, 1.165) is 28.0 Å².